The van der Waals surface area contributed by atoms with Crippen molar-refractivity contribution in [2.75, 3.05) is 0 Å². The second-order valence-corrected chi connectivity index (χ2v) is 5.75. The molecule has 25 heavy (non-hydrogen) atoms. The molecule has 2 N–H and O–H groups in total. The number of nitrogens with one attached hydrogen (secondary N) is 2. The lowest BCUT2D eigenvalue weighted by Gasteiger charge is -2.08. The Labute approximate surface area is 150 Å². The molecule has 6 nitrogen and oxygen atoms in total. The fourth-order valence-electron chi connectivity index (χ4n) is 1.97. The van der Waals surface area contributed by atoms with E-state index in [2.05, 4.69) is 10.6 Å². The largest absolute Gasteiger partial charge is 0.358 e. The minimum absolute atomic E-state index is 0.00286. The zero-order valence-corrected chi connectivity index (χ0v) is 14.4. The lowest BCUT2D eigenvalue weighted by molar-refractivity contribution is -0.384. The van der Waals surface area contributed by atoms with Gasteiger partial charge >= 0.3 is 0 Å². The summed E-state index contributed by atoms with van der Waals surface area (Å²) in [5.74, 6) is -0.375. The van der Waals surface area contributed by atoms with Gasteiger partial charge in [-0.25, -0.2) is 0 Å². The van der Waals surface area contributed by atoms with Crippen LogP contribution in [0.25, 0.3) is 6.08 Å². The lowest BCUT2D eigenvalue weighted by atomic mass is 10.1. The average Bonchev–Trinajstić information content (AvgIpc) is 2.60. The number of nitro benzene ring substituents is 1. The zero-order valence-electron chi connectivity index (χ0n) is 13.6. The number of non-ortho nitro benzene ring substituents is 1. The Kier molecular flexibility index (Phi) is 6.36. The molecule has 0 atom stereocenters. The highest BCUT2D eigenvalue weighted by Crippen LogP contribution is 2.12. The molecule has 128 valence electrons. The summed E-state index contributed by atoms with van der Waals surface area (Å²) in [7, 11) is 0. The molecule has 0 heterocycles. The maximum atomic E-state index is 11.8. The fourth-order valence-corrected chi connectivity index (χ4v) is 2.14. The van der Waals surface area contributed by atoms with Crippen LogP contribution in [0.4, 0.5) is 5.69 Å². The van der Waals surface area contributed by atoms with Crippen molar-refractivity contribution in [3.05, 3.63) is 81.4 Å². The Morgan fingerprint density at radius 3 is 2.40 bits per heavy atom. The first-order chi connectivity index (χ1) is 11.9. The quantitative estimate of drug-likeness (QED) is 0.373. The van der Waals surface area contributed by atoms with Gasteiger partial charge in [0.15, 0.2) is 5.11 Å². The Bertz CT molecular complexity index is 799. The molecule has 0 saturated carbocycles. The molecule has 1 amide bonds. The molecular formula is C18H17N3O3S. The Morgan fingerprint density at radius 1 is 1.16 bits per heavy atom. The van der Waals surface area contributed by atoms with Gasteiger partial charge in [-0.3, -0.25) is 20.2 Å². The molecule has 0 fully saturated rings. The third kappa shape index (κ3) is 6.15. The molecule has 0 aliphatic heterocycles. The van der Waals surface area contributed by atoms with Crippen LogP contribution in [-0.4, -0.2) is 15.9 Å². The van der Waals surface area contributed by atoms with Crippen LogP contribution < -0.4 is 10.6 Å². The molecule has 7 heteroatoms. The van der Waals surface area contributed by atoms with Gasteiger partial charge in [0, 0.05) is 24.8 Å². The highest BCUT2D eigenvalue weighted by molar-refractivity contribution is 7.80. The maximum Gasteiger partial charge on any atom is 0.269 e. The number of carbonyl (C=O) groups is 1. The summed E-state index contributed by atoms with van der Waals surface area (Å²) in [5, 5.41) is 16.3. The van der Waals surface area contributed by atoms with Crippen LogP contribution >= 0.6 is 12.2 Å². The second kappa shape index (κ2) is 8.70. The van der Waals surface area contributed by atoms with Crippen molar-refractivity contribution < 1.29 is 9.72 Å². The van der Waals surface area contributed by atoms with Gasteiger partial charge in [-0.05, 0) is 48.5 Å². The molecule has 2 aromatic carbocycles. The van der Waals surface area contributed by atoms with Crippen LogP contribution in [0.1, 0.15) is 16.7 Å². The summed E-state index contributed by atoms with van der Waals surface area (Å²) in [6, 6.07) is 13.9. The van der Waals surface area contributed by atoms with E-state index in [9.17, 15) is 14.9 Å². The summed E-state index contributed by atoms with van der Waals surface area (Å²) >= 11 is 5.08. The normalized spacial score (nSPS) is 10.4. The smallest absolute Gasteiger partial charge is 0.269 e. The molecule has 2 aromatic rings. The summed E-state index contributed by atoms with van der Waals surface area (Å²) in [5.41, 5.74) is 2.92. The second-order valence-electron chi connectivity index (χ2n) is 5.34. The minimum atomic E-state index is -0.474. The van der Waals surface area contributed by atoms with E-state index in [-0.39, 0.29) is 16.7 Å². The Hall–Kier alpha value is -3.06. The van der Waals surface area contributed by atoms with Crippen molar-refractivity contribution in [1.82, 2.24) is 10.6 Å². The van der Waals surface area contributed by atoms with Gasteiger partial charge in [-0.2, -0.15) is 0 Å². The van der Waals surface area contributed by atoms with E-state index < -0.39 is 4.92 Å². The third-order valence-corrected chi connectivity index (χ3v) is 3.59. The molecule has 0 aromatic heterocycles. The monoisotopic (exact) mass is 355 g/mol. The van der Waals surface area contributed by atoms with E-state index in [1.165, 1.54) is 23.8 Å². The Morgan fingerprint density at radius 2 is 1.80 bits per heavy atom. The number of rotatable bonds is 5. The van der Waals surface area contributed by atoms with Crippen LogP contribution in [0.2, 0.25) is 0 Å². The molecule has 0 radical (unpaired) electrons. The molecular weight excluding hydrogens is 338 g/mol. The SMILES string of the molecule is Cc1ccc(CNC(=S)NC(=O)/C=C/c2ccc([N+](=O)[O-])cc2)cc1. The number of aryl methyl sites for hydroxylation is 1. The molecule has 0 saturated heterocycles. The number of nitro groups is 1. The van der Waals surface area contributed by atoms with Crippen molar-refractivity contribution in [3.63, 3.8) is 0 Å². The van der Waals surface area contributed by atoms with E-state index in [1.54, 1.807) is 18.2 Å². The topological polar surface area (TPSA) is 84.3 Å². The predicted molar refractivity (Wildman–Crippen MR) is 101 cm³/mol. The molecule has 0 aliphatic carbocycles. The van der Waals surface area contributed by atoms with E-state index in [4.69, 9.17) is 12.2 Å². The van der Waals surface area contributed by atoms with Crippen LogP contribution in [0, 0.1) is 17.0 Å². The van der Waals surface area contributed by atoms with Crippen LogP contribution in [0.15, 0.2) is 54.6 Å². The fraction of sp³-hybridized carbons (Fsp3) is 0.111. The van der Waals surface area contributed by atoms with Gasteiger partial charge in [0.05, 0.1) is 4.92 Å². The number of benzene rings is 2. The zero-order chi connectivity index (χ0) is 18.2. The number of hydrogen-bond donors (Lipinski definition) is 2. The first-order valence-electron chi connectivity index (χ1n) is 7.51. The van der Waals surface area contributed by atoms with E-state index in [0.717, 1.165) is 5.56 Å². The minimum Gasteiger partial charge on any atom is -0.358 e. The molecule has 0 aliphatic rings. The van der Waals surface area contributed by atoms with Gasteiger partial charge in [-0.15, -0.1) is 0 Å². The van der Waals surface area contributed by atoms with Crippen molar-refractivity contribution in [3.8, 4) is 0 Å². The Balaban J connectivity index is 1.81. The summed E-state index contributed by atoms with van der Waals surface area (Å²) in [4.78, 5) is 21.9. The number of thiocarbonyl (C=S) groups is 1. The number of nitrogens with zero attached hydrogens (tertiary/aromatic N) is 1. The van der Waals surface area contributed by atoms with Crippen molar-refractivity contribution in [1.29, 1.82) is 0 Å². The summed E-state index contributed by atoms with van der Waals surface area (Å²) < 4.78 is 0. The van der Waals surface area contributed by atoms with E-state index in [1.807, 2.05) is 31.2 Å². The molecule has 0 spiro atoms. The van der Waals surface area contributed by atoms with E-state index >= 15 is 0 Å². The highest BCUT2D eigenvalue weighted by Gasteiger charge is 2.03. The van der Waals surface area contributed by atoms with Crippen LogP contribution in [0.5, 0.6) is 0 Å². The average molecular weight is 355 g/mol. The van der Waals surface area contributed by atoms with Crippen molar-refractivity contribution in [2.45, 2.75) is 13.5 Å². The molecule has 0 bridgehead atoms. The number of amides is 1. The first-order valence-corrected chi connectivity index (χ1v) is 7.92. The summed E-state index contributed by atoms with van der Waals surface area (Å²) in [6.07, 6.45) is 2.88. The number of hydrogen-bond acceptors (Lipinski definition) is 4. The van der Waals surface area contributed by atoms with Crippen molar-refractivity contribution >= 4 is 35.0 Å². The lowest BCUT2D eigenvalue weighted by Crippen LogP contribution is -2.37. The number of carbonyl (C=O) groups excluding carboxylic acids is 1. The molecule has 0 unspecified atom stereocenters. The predicted octanol–water partition coefficient (Wildman–Crippen LogP) is 3.11. The summed E-state index contributed by atoms with van der Waals surface area (Å²) in [6.45, 7) is 2.53. The van der Waals surface area contributed by atoms with Crippen LogP contribution in [0.3, 0.4) is 0 Å². The van der Waals surface area contributed by atoms with Gasteiger partial charge in [0.2, 0.25) is 5.91 Å². The van der Waals surface area contributed by atoms with Gasteiger partial charge in [0.1, 0.15) is 0 Å². The first kappa shape index (κ1) is 18.3. The highest BCUT2D eigenvalue weighted by atomic mass is 32.1. The van der Waals surface area contributed by atoms with Gasteiger partial charge in [-0.1, -0.05) is 29.8 Å². The van der Waals surface area contributed by atoms with Crippen molar-refractivity contribution in [2.24, 2.45) is 0 Å². The standard InChI is InChI=1S/C18H17N3O3S/c1-13-2-4-15(5-3-13)12-19-18(25)20-17(22)11-8-14-6-9-16(10-7-14)21(23)24/h2-11H,12H2,1H3,(H2,19,20,22,25)/b11-8+. The maximum absolute atomic E-state index is 11.8. The molecule has 2 rings (SSSR count). The van der Waals surface area contributed by atoms with Gasteiger partial charge in [0.25, 0.3) is 5.69 Å². The van der Waals surface area contributed by atoms with Gasteiger partial charge < -0.3 is 5.32 Å². The van der Waals surface area contributed by atoms with E-state index in [0.29, 0.717) is 12.1 Å². The third-order valence-electron chi connectivity index (χ3n) is 3.34. The van der Waals surface area contributed by atoms with Crippen LogP contribution in [-0.2, 0) is 11.3 Å².